The van der Waals surface area contributed by atoms with E-state index < -0.39 is 0 Å². The molecule has 3 heteroatoms. The van der Waals surface area contributed by atoms with Crippen molar-refractivity contribution in [3.8, 4) is 11.1 Å². The summed E-state index contributed by atoms with van der Waals surface area (Å²) >= 11 is 0. The Hall–Kier alpha value is -2.13. The quantitative estimate of drug-likeness (QED) is 0.938. The smallest absolute Gasteiger partial charge is 0.217 e. The molecule has 120 valence electrons. The van der Waals surface area contributed by atoms with E-state index in [4.69, 9.17) is 0 Å². The third-order valence-electron chi connectivity index (χ3n) is 4.47. The number of amides is 1. The van der Waals surface area contributed by atoms with E-state index in [9.17, 15) is 4.79 Å². The van der Waals surface area contributed by atoms with Crippen LogP contribution in [-0.2, 0) is 11.3 Å². The van der Waals surface area contributed by atoms with Crippen LogP contribution in [0.1, 0.15) is 25.8 Å². The second-order valence-corrected chi connectivity index (χ2v) is 6.77. The molecule has 0 bridgehead atoms. The number of likely N-dealkylation sites (tertiary alicyclic amines) is 1. The number of nitrogens with zero attached hydrogens (tertiary/aromatic N) is 1. The first kappa shape index (κ1) is 15.8. The molecule has 0 radical (unpaired) electrons. The van der Waals surface area contributed by atoms with Crippen LogP contribution in [0.3, 0.4) is 0 Å². The Bertz CT molecular complexity index is 683. The molecule has 1 unspecified atom stereocenters. The number of hydrogen-bond donors (Lipinski definition) is 1. The molecule has 0 aliphatic carbocycles. The van der Waals surface area contributed by atoms with E-state index in [1.165, 1.54) is 16.7 Å². The Morgan fingerprint density at radius 2 is 1.87 bits per heavy atom. The van der Waals surface area contributed by atoms with Crippen LogP contribution < -0.4 is 5.32 Å². The fraction of sp³-hybridized carbons (Fsp3) is 0.350. The first-order chi connectivity index (χ1) is 11.0. The van der Waals surface area contributed by atoms with Crippen molar-refractivity contribution in [3.63, 3.8) is 0 Å². The van der Waals surface area contributed by atoms with Crippen LogP contribution in [0.4, 0.5) is 0 Å². The predicted octanol–water partition coefficient (Wildman–Crippen LogP) is 3.45. The minimum absolute atomic E-state index is 0.0559. The average Bonchev–Trinajstić information content (AvgIpc) is 2.88. The molecular formula is C20H24N2O. The van der Waals surface area contributed by atoms with Gasteiger partial charge in [0.1, 0.15) is 0 Å². The highest BCUT2D eigenvalue weighted by Gasteiger charge is 2.34. The standard InChI is InChI=1S/C20H24N2O/c1-16(23)21-20(2)11-12-22(15-20)14-17-7-6-10-19(13-17)18-8-4-3-5-9-18/h3-10,13H,11-12,14-15H2,1-2H3,(H,21,23). The topological polar surface area (TPSA) is 32.3 Å². The maximum atomic E-state index is 11.3. The second-order valence-electron chi connectivity index (χ2n) is 6.77. The van der Waals surface area contributed by atoms with Crippen LogP contribution >= 0.6 is 0 Å². The van der Waals surface area contributed by atoms with E-state index in [2.05, 4.69) is 65.7 Å². The Labute approximate surface area is 138 Å². The monoisotopic (exact) mass is 308 g/mol. The van der Waals surface area contributed by atoms with Crippen molar-refractivity contribution in [1.29, 1.82) is 0 Å². The van der Waals surface area contributed by atoms with Gasteiger partial charge in [0.25, 0.3) is 0 Å². The van der Waals surface area contributed by atoms with Gasteiger partial charge in [0, 0.05) is 26.6 Å². The highest BCUT2D eigenvalue weighted by Crippen LogP contribution is 2.25. The van der Waals surface area contributed by atoms with Gasteiger partial charge in [0.05, 0.1) is 5.54 Å². The second kappa shape index (κ2) is 6.55. The van der Waals surface area contributed by atoms with E-state index in [0.29, 0.717) is 0 Å². The number of carbonyl (C=O) groups is 1. The maximum Gasteiger partial charge on any atom is 0.217 e. The zero-order valence-corrected chi connectivity index (χ0v) is 13.9. The summed E-state index contributed by atoms with van der Waals surface area (Å²) in [5, 5.41) is 3.09. The van der Waals surface area contributed by atoms with Crippen molar-refractivity contribution in [2.75, 3.05) is 13.1 Å². The van der Waals surface area contributed by atoms with Gasteiger partial charge in [-0.15, -0.1) is 0 Å². The molecule has 0 aromatic heterocycles. The van der Waals surface area contributed by atoms with E-state index in [1.54, 1.807) is 6.92 Å². The number of rotatable bonds is 4. The Balaban J connectivity index is 1.69. The van der Waals surface area contributed by atoms with Gasteiger partial charge in [-0.25, -0.2) is 0 Å². The molecule has 2 aromatic carbocycles. The van der Waals surface area contributed by atoms with Crippen LogP contribution in [-0.4, -0.2) is 29.4 Å². The normalized spacial score (nSPS) is 21.3. The molecule has 1 N–H and O–H groups in total. The lowest BCUT2D eigenvalue weighted by molar-refractivity contribution is -0.120. The van der Waals surface area contributed by atoms with Crippen molar-refractivity contribution in [2.45, 2.75) is 32.4 Å². The lowest BCUT2D eigenvalue weighted by Crippen LogP contribution is -2.46. The first-order valence-electron chi connectivity index (χ1n) is 8.20. The minimum atomic E-state index is -0.0944. The zero-order valence-electron chi connectivity index (χ0n) is 13.9. The summed E-state index contributed by atoms with van der Waals surface area (Å²) in [6.07, 6.45) is 1.00. The highest BCUT2D eigenvalue weighted by atomic mass is 16.1. The van der Waals surface area contributed by atoms with Crippen LogP contribution in [0.5, 0.6) is 0 Å². The molecular weight excluding hydrogens is 284 g/mol. The Kier molecular flexibility index (Phi) is 4.49. The van der Waals surface area contributed by atoms with Crippen LogP contribution in [0.2, 0.25) is 0 Å². The van der Waals surface area contributed by atoms with Crippen molar-refractivity contribution in [2.24, 2.45) is 0 Å². The highest BCUT2D eigenvalue weighted by molar-refractivity contribution is 5.73. The molecule has 1 fully saturated rings. The van der Waals surface area contributed by atoms with E-state index in [-0.39, 0.29) is 11.4 Å². The van der Waals surface area contributed by atoms with Gasteiger partial charge < -0.3 is 5.32 Å². The van der Waals surface area contributed by atoms with Crippen LogP contribution in [0.25, 0.3) is 11.1 Å². The summed E-state index contributed by atoms with van der Waals surface area (Å²) in [5.74, 6) is 0.0559. The van der Waals surface area contributed by atoms with Gasteiger partial charge in [0.2, 0.25) is 5.91 Å². The largest absolute Gasteiger partial charge is 0.350 e. The number of carbonyl (C=O) groups excluding carboxylic acids is 1. The molecule has 3 rings (SSSR count). The molecule has 1 heterocycles. The molecule has 1 amide bonds. The molecule has 2 aromatic rings. The van der Waals surface area contributed by atoms with Crippen molar-refractivity contribution in [3.05, 3.63) is 60.2 Å². The third-order valence-corrected chi connectivity index (χ3v) is 4.47. The summed E-state index contributed by atoms with van der Waals surface area (Å²) < 4.78 is 0. The fourth-order valence-corrected chi connectivity index (χ4v) is 3.46. The predicted molar refractivity (Wildman–Crippen MR) is 94.0 cm³/mol. The maximum absolute atomic E-state index is 11.3. The van der Waals surface area contributed by atoms with E-state index >= 15 is 0 Å². The van der Waals surface area contributed by atoms with Crippen LogP contribution in [0, 0.1) is 0 Å². The lowest BCUT2D eigenvalue weighted by atomic mass is 10.0. The van der Waals surface area contributed by atoms with Gasteiger partial charge in [-0.1, -0.05) is 48.5 Å². The Morgan fingerprint density at radius 3 is 2.61 bits per heavy atom. The molecule has 0 saturated carbocycles. The van der Waals surface area contributed by atoms with E-state index in [1.807, 2.05) is 6.07 Å². The van der Waals surface area contributed by atoms with Crippen molar-refractivity contribution < 1.29 is 4.79 Å². The van der Waals surface area contributed by atoms with Crippen molar-refractivity contribution in [1.82, 2.24) is 10.2 Å². The van der Waals surface area contributed by atoms with Gasteiger partial charge >= 0.3 is 0 Å². The summed E-state index contributed by atoms with van der Waals surface area (Å²) in [6, 6.07) is 19.2. The van der Waals surface area contributed by atoms with Crippen molar-refractivity contribution >= 4 is 5.91 Å². The summed E-state index contributed by atoms with van der Waals surface area (Å²) in [7, 11) is 0. The SMILES string of the molecule is CC(=O)NC1(C)CCN(Cc2cccc(-c3ccccc3)c2)C1. The lowest BCUT2D eigenvalue weighted by Gasteiger charge is -2.25. The number of benzene rings is 2. The Morgan fingerprint density at radius 1 is 1.13 bits per heavy atom. The molecule has 1 saturated heterocycles. The molecule has 0 spiro atoms. The van der Waals surface area contributed by atoms with Crippen LogP contribution in [0.15, 0.2) is 54.6 Å². The minimum Gasteiger partial charge on any atom is -0.350 e. The van der Waals surface area contributed by atoms with E-state index in [0.717, 1.165) is 26.1 Å². The third kappa shape index (κ3) is 3.99. The molecule has 1 aliphatic rings. The van der Waals surface area contributed by atoms with Gasteiger partial charge in [0.15, 0.2) is 0 Å². The van der Waals surface area contributed by atoms with Gasteiger partial charge in [-0.2, -0.15) is 0 Å². The first-order valence-corrected chi connectivity index (χ1v) is 8.20. The summed E-state index contributed by atoms with van der Waals surface area (Å²) in [5.41, 5.74) is 3.73. The molecule has 1 aliphatic heterocycles. The average molecular weight is 308 g/mol. The van der Waals surface area contributed by atoms with Gasteiger partial charge in [-0.3, -0.25) is 9.69 Å². The number of hydrogen-bond acceptors (Lipinski definition) is 2. The molecule has 1 atom stereocenters. The fourth-order valence-electron chi connectivity index (χ4n) is 3.46. The van der Waals surface area contributed by atoms with Gasteiger partial charge in [-0.05, 0) is 36.1 Å². The summed E-state index contributed by atoms with van der Waals surface area (Å²) in [4.78, 5) is 13.8. The zero-order chi connectivity index (χ0) is 16.3. The molecule has 23 heavy (non-hydrogen) atoms. The number of nitrogens with one attached hydrogen (secondary N) is 1. The molecule has 3 nitrogen and oxygen atoms in total. The summed E-state index contributed by atoms with van der Waals surface area (Å²) in [6.45, 7) is 6.58.